The predicted molar refractivity (Wildman–Crippen MR) is 96.6 cm³/mol. The highest BCUT2D eigenvalue weighted by atomic mass is 16.7. The Labute approximate surface area is 160 Å². The van der Waals surface area contributed by atoms with Crippen LogP contribution in [0.3, 0.4) is 0 Å². The normalized spacial score (nSPS) is 43.4. The highest BCUT2D eigenvalue weighted by Crippen LogP contribution is 2.46. The summed E-state index contributed by atoms with van der Waals surface area (Å²) in [5, 5.41) is 58.7. The van der Waals surface area contributed by atoms with E-state index in [0.29, 0.717) is 18.3 Å². The van der Waals surface area contributed by atoms with Crippen LogP contribution in [-0.4, -0.2) is 86.8 Å². The minimum Gasteiger partial charge on any atom is -0.394 e. The molecule has 2 rings (SSSR count). The second-order valence-corrected chi connectivity index (χ2v) is 8.88. The van der Waals surface area contributed by atoms with E-state index in [-0.39, 0.29) is 18.1 Å². The average molecular weight is 392 g/mol. The summed E-state index contributed by atoms with van der Waals surface area (Å²) in [6, 6.07) is 0. The largest absolute Gasteiger partial charge is 0.394 e. The van der Waals surface area contributed by atoms with E-state index in [9.17, 15) is 30.6 Å². The molecule has 160 valence electrons. The van der Waals surface area contributed by atoms with Crippen molar-refractivity contribution in [3.63, 3.8) is 0 Å². The van der Waals surface area contributed by atoms with Crippen molar-refractivity contribution in [2.45, 2.75) is 89.4 Å². The number of hydrogen-bond acceptors (Lipinski definition) is 8. The molecule has 0 aromatic carbocycles. The number of ether oxygens (including phenoxy) is 2. The van der Waals surface area contributed by atoms with Gasteiger partial charge < -0.3 is 40.1 Å². The van der Waals surface area contributed by atoms with Crippen LogP contribution in [0.1, 0.15) is 46.5 Å². The molecular weight excluding hydrogens is 356 g/mol. The van der Waals surface area contributed by atoms with Gasteiger partial charge in [0, 0.05) is 0 Å². The van der Waals surface area contributed by atoms with Crippen LogP contribution in [0.5, 0.6) is 0 Å². The quantitative estimate of drug-likeness (QED) is 0.337. The molecule has 2 aliphatic rings. The van der Waals surface area contributed by atoms with Gasteiger partial charge in [0.1, 0.15) is 24.4 Å². The smallest absolute Gasteiger partial charge is 0.187 e. The Hall–Kier alpha value is -0.320. The Balaban J connectivity index is 1.95. The Morgan fingerprint density at radius 1 is 1.07 bits per heavy atom. The molecule has 0 bridgehead atoms. The van der Waals surface area contributed by atoms with Crippen LogP contribution < -0.4 is 0 Å². The van der Waals surface area contributed by atoms with Crippen molar-refractivity contribution in [1.29, 1.82) is 0 Å². The second-order valence-electron chi connectivity index (χ2n) is 8.88. The van der Waals surface area contributed by atoms with E-state index >= 15 is 0 Å². The Bertz CT molecular complexity index is 457. The van der Waals surface area contributed by atoms with E-state index in [2.05, 4.69) is 20.8 Å². The summed E-state index contributed by atoms with van der Waals surface area (Å²) in [7, 11) is 0. The van der Waals surface area contributed by atoms with Crippen molar-refractivity contribution < 1.29 is 40.1 Å². The molecule has 1 aliphatic heterocycles. The fourth-order valence-electron chi connectivity index (χ4n) is 4.82. The van der Waals surface area contributed by atoms with E-state index in [4.69, 9.17) is 9.47 Å². The average Bonchev–Trinajstić information content (AvgIpc) is 2.59. The molecule has 0 radical (unpaired) electrons. The molecular formula is C19H36O8. The van der Waals surface area contributed by atoms with Crippen molar-refractivity contribution in [3.8, 4) is 0 Å². The van der Waals surface area contributed by atoms with E-state index in [0.717, 1.165) is 19.3 Å². The van der Waals surface area contributed by atoms with Gasteiger partial charge in [0.2, 0.25) is 0 Å². The molecule has 27 heavy (non-hydrogen) atoms. The van der Waals surface area contributed by atoms with Gasteiger partial charge in [0.15, 0.2) is 6.29 Å². The maximum absolute atomic E-state index is 10.1. The van der Waals surface area contributed by atoms with Gasteiger partial charge in [-0.25, -0.2) is 0 Å². The van der Waals surface area contributed by atoms with E-state index in [1.807, 2.05) is 0 Å². The molecule has 1 saturated heterocycles. The molecule has 0 aromatic rings. The zero-order valence-electron chi connectivity index (χ0n) is 16.4. The molecule has 1 heterocycles. The molecule has 6 N–H and O–H groups in total. The van der Waals surface area contributed by atoms with Gasteiger partial charge in [-0.3, -0.25) is 0 Å². The molecule has 0 aromatic heterocycles. The first-order chi connectivity index (χ1) is 12.6. The first-order valence-corrected chi connectivity index (χ1v) is 9.85. The number of aliphatic hydroxyl groups is 6. The van der Waals surface area contributed by atoms with Gasteiger partial charge in [-0.15, -0.1) is 0 Å². The van der Waals surface area contributed by atoms with Gasteiger partial charge in [0.25, 0.3) is 0 Å². The molecule has 0 unspecified atom stereocenters. The molecule has 1 saturated carbocycles. The lowest BCUT2D eigenvalue weighted by atomic mass is 9.61. The van der Waals surface area contributed by atoms with Gasteiger partial charge in [-0.1, -0.05) is 20.8 Å². The Kier molecular flexibility index (Phi) is 8.04. The van der Waals surface area contributed by atoms with E-state index in [1.54, 1.807) is 0 Å². The SMILES string of the molecule is C[C@@H]1C[C@H](O)CC(C)(C)[C@H]1CC[C@H](CO)O[C@@H]1O[C@H](CO)[C@@H](O)[C@H](O)[C@H]1O. The molecule has 8 nitrogen and oxygen atoms in total. The standard InChI is InChI=1S/C19H36O8/c1-10-6-11(22)7-19(2,3)13(10)5-4-12(8-20)26-18-17(25)16(24)15(23)14(9-21)27-18/h10-18,20-25H,4-9H2,1-3H3/t10-,11+,12-,13+,14-,15-,16+,17-,18-/m1/s1. The van der Waals surface area contributed by atoms with Crippen LogP contribution in [0.4, 0.5) is 0 Å². The third-order valence-electron chi connectivity index (χ3n) is 6.27. The maximum Gasteiger partial charge on any atom is 0.187 e. The summed E-state index contributed by atoms with van der Waals surface area (Å²) in [5.41, 5.74) is -0.0276. The Morgan fingerprint density at radius 3 is 2.30 bits per heavy atom. The number of hydrogen-bond donors (Lipinski definition) is 6. The van der Waals surface area contributed by atoms with Crippen LogP contribution in [0.15, 0.2) is 0 Å². The topological polar surface area (TPSA) is 140 Å². The van der Waals surface area contributed by atoms with Crippen molar-refractivity contribution in [2.75, 3.05) is 13.2 Å². The zero-order valence-corrected chi connectivity index (χ0v) is 16.4. The lowest BCUT2D eigenvalue weighted by Gasteiger charge is -2.46. The number of aliphatic hydroxyl groups excluding tert-OH is 6. The van der Waals surface area contributed by atoms with Crippen molar-refractivity contribution in [3.05, 3.63) is 0 Å². The van der Waals surface area contributed by atoms with Crippen LogP contribution in [-0.2, 0) is 9.47 Å². The first-order valence-electron chi connectivity index (χ1n) is 9.85. The predicted octanol–water partition coefficient (Wildman–Crippen LogP) is -0.623. The fourth-order valence-corrected chi connectivity index (χ4v) is 4.82. The fraction of sp³-hybridized carbons (Fsp3) is 1.00. The zero-order chi connectivity index (χ0) is 20.4. The van der Waals surface area contributed by atoms with Crippen LogP contribution in [0.2, 0.25) is 0 Å². The first kappa shape index (κ1) is 23.0. The highest BCUT2D eigenvalue weighted by Gasteiger charge is 2.45. The van der Waals surface area contributed by atoms with Crippen molar-refractivity contribution in [1.82, 2.24) is 0 Å². The minimum atomic E-state index is -1.50. The maximum atomic E-state index is 10.1. The van der Waals surface area contributed by atoms with Gasteiger partial charge in [-0.2, -0.15) is 0 Å². The van der Waals surface area contributed by atoms with Crippen LogP contribution in [0.25, 0.3) is 0 Å². The second kappa shape index (κ2) is 9.45. The molecule has 2 fully saturated rings. The van der Waals surface area contributed by atoms with Gasteiger partial charge in [0.05, 0.1) is 25.4 Å². The summed E-state index contributed by atoms with van der Waals surface area (Å²) in [5.74, 6) is 0.698. The van der Waals surface area contributed by atoms with Gasteiger partial charge >= 0.3 is 0 Å². The Morgan fingerprint density at radius 2 is 1.74 bits per heavy atom. The number of rotatable bonds is 7. The molecule has 1 aliphatic carbocycles. The summed E-state index contributed by atoms with van der Waals surface area (Å²) < 4.78 is 11.0. The lowest BCUT2D eigenvalue weighted by molar-refractivity contribution is -0.313. The van der Waals surface area contributed by atoms with Crippen molar-refractivity contribution in [2.24, 2.45) is 17.3 Å². The monoisotopic (exact) mass is 392 g/mol. The third-order valence-corrected chi connectivity index (χ3v) is 6.27. The molecule has 0 spiro atoms. The van der Waals surface area contributed by atoms with E-state index in [1.165, 1.54) is 0 Å². The molecule has 0 amide bonds. The van der Waals surface area contributed by atoms with Crippen LogP contribution in [0, 0.1) is 17.3 Å². The summed E-state index contributed by atoms with van der Waals surface area (Å²) >= 11 is 0. The summed E-state index contributed by atoms with van der Waals surface area (Å²) in [6.07, 6.45) is -4.78. The lowest BCUT2D eigenvalue weighted by Crippen LogP contribution is -2.59. The summed E-state index contributed by atoms with van der Waals surface area (Å²) in [4.78, 5) is 0. The minimum absolute atomic E-state index is 0.0276. The molecule has 9 atom stereocenters. The van der Waals surface area contributed by atoms with Crippen molar-refractivity contribution >= 4 is 0 Å². The highest BCUT2D eigenvalue weighted by molar-refractivity contribution is 4.91. The molecule has 8 heteroatoms. The van der Waals surface area contributed by atoms with Gasteiger partial charge in [-0.05, 0) is 42.9 Å². The third kappa shape index (κ3) is 5.39. The van der Waals surface area contributed by atoms with E-state index < -0.39 is 43.4 Å². The van der Waals surface area contributed by atoms with Crippen LogP contribution >= 0.6 is 0 Å². The summed E-state index contributed by atoms with van der Waals surface area (Å²) in [6.45, 7) is 5.61.